The van der Waals surface area contributed by atoms with Crippen molar-refractivity contribution in [2.45, 2.75) is 49.7 Å². The first-order valence-electron chi connectivity index (χ1n) is 9.13. The van der Waals surface area contributed by atoms with E-state index in [1.165, 1.54) is 37.4 Å². The van der Waals surface area contributed by atoms with Crippen LogP contribution in [-0.2, 0) is 11.8 Å². The Morgan fingerprint density at radius 1 is 1.19 bits per heavy atom. The van der Waals surface area contributed by atoms with Gasteiger partial charge in [-0.1, -0.05) is 37.4 Å². The fraction of sp³-hybridized carbons (Fsp3) is 0.526. The largest absolute Gasteiger partial charge is 0.497 e. The van der Waals surface area contributed by atoms with Gasteiger partial charge in [0.1, 0.15) is 5.75 Å². The Labute approximate surface area is 158 Å². The molecule has 1 amide bonds. The van der Waals surface area contributed by atoms with Crippen LogP contribution < -0.4 is 10.1 Å². The quantitative estimate of drug-likeness (QED) is 0.620. The molecule has 1 aromatic heterocycles. The predicted octanol–water partition coefficient (Wildman–Crippen LogP) is 3.42. The van der Waals surface area contributed by atoms with E-state index in [9.17, 15) is 4.79 Å². The molecule has 0 unspecified atom stereocenters. The Morgan fingerprint density at radius 2 is 1.88 bits per heavy atom. The van der Waals surface area contributed by atoms with Crippen LogP contribution in [-0.4, -0.2) is 39.6 Å². The van der Waals surface area contributed by atoms with E-state index in [0.717, 1.165) is 35.1 Å². The number of ether oxygens (including phenoxy) is 1. The van der Waals surface area contributed by atoms with Gasteiger partial charge in [-0.25, -0.2) is 0 Å². The summed E-state index contributed by atoms with van der Waals surface area (Å²) in [6.45, 7) is 0. The normalized spacial score (nSPS) is 15.5. The number of benzene rings is 1. The molecule has 1 aliphatic rings. The van der Waals surface area contributed by atoms with E-state index in [1.54, 1.807) is 7.11 Å². The smallest absolute Gasteiger partial charge is 0.230 e. The van der Waals surface area contributed by atoms with Crippen LogP contribution in [0.3, 0.4) is 0 Å². The number of amides is 1. The van der Waals surface area contributed by atoms with Gasteiger partial charge < -0.3 is 14.6 Å². The number of aromatic nitrogens is 3. The van der Waals surface area contributed by atoms with Gasteiger partial charge in [-0.15, -0.1) is 10.2 Å². The van der Waals surface area contributed by atoms with Crippen LogP contribution in [0.2, 0.25) is 0 Å². The third-order valence-corrected chi connectivity index (χ3v) is 5.76. The van der Waals surface area contributed by atoms with E-state index in [0.29, 0.717) is 11.8 Å². The Bertz CT molecular complexity index is 722. The van der Waals surface area contributed by atoms with E-state index in [4.69, 9.17) is 4.74 Å². The number of hydrogen-bond acceptors (Lipinski definition) is 5. The van der Waals surface area contributed by atoms with Crippen molar-refractivity contribution in [3.63, 3.8) is 0 Å². The fourth-order valence-electron chi connectivity index (χ4n) is 3.26. The minimum Gasteiger partial charge on any atom is -0.497 e. The Kier molecular flexibility index (Phi) is 6.55. The maximum absolute atomic E-state index is 12.3. The Morgan fingerprint density at radius 3 is 2.54 bits per heavy atom. The molecule has 7 heteroatoms. The second-order valence-electron chi connectivity index (χ2n) is 6.64. The van der Waals surface area contributed by atoms with Gasteiger partial charge in [0.05, 0.1) is 12.9 Å². The van der Waals surface area contributed by atoms with Crippen molar-refractivity contribution in [1.29, 1.82) is 0 Å². The number of nitrogens with zero attached hydrogens (tertiary/aromatic N) is 3. The zero-order valence-corrected chi connectivity index (χ0v) is 16.2. The van der Waals surface area contributed by atoms with E-state index in [1.807, 2.05) is 35.9 Å². The van der Waals surface area contributed by atoms with Gasteiger partial charge in [0.25, 0.3) is 0 Å². The molecule has 0 radical (unpaired) electrons. The lowest BCUT2D eigenvalue weighted by Crippen LogP contribution is -2.35. The molecule has 1 saturated carbocycles. The summed E-state index contributed by atoms with van der Waals surface area (Å²) < 4.78 is 7.11. The number of methoxy groups -OCH3 is 1. The van der Waals surface area contributed by atoms with E-state index in [2.05, 4.69) is 15.5 Å². The molecule has 1 heterocycles. The first-order chi connectivity index (χ1) is 12.7. The highest BCUT2D eigenvalue weighted by Gasteiger charge is 2.17. The van der Waals surface area contributed by atoms with Gasteiger partial charge in [-0.05, 0) is 37.1 Å². The zero-order chi connectivity index (χ0) is 18.4. The van der Waals surface area contributed by atoms with Crippen molar-refractivity contribution in [2.75, 3.05) is 12.9 Å². The van der Waals surface area contributed by atoms with Crippen LogP contribution in [0.15, 0.2) is 29.4 Å². The SMILES string of the molecule is COc1ccc(-c2nnc(SCC(=O)NC3CCCCCC3)n2C)cc1. The minimum atomic E-state index is 0.0795. The molecule has 0 spiro atoms. The third-order valence-electron chi connectivity index (χ3n) is 4.74. The topological polar surface area (TPSA) is 69.0 Å². The van der Waals surface area contributed by atoms with Gasteiger partial charge in [-0.3, -0.25) is 4.79 Å². The lowest BCUT2D eigenvalue weighted by atomic mass is 10.1. The molecule has 26 heavy (non-hydrogen) atoms. The monoisotopic (exact) mass is 374 g/mol. The van der Waals surface area contributed by atoms with E-state index in [-0.39, 0.29) is 5.91 Å². The molecule has 0 atom stereocenters. The highest BCUT2D eigenvalue weighted by atomic mass is 32.2. The van der Waals surface area contributed by atoms with Crippen molar-refractivity contribution in [1.82, 2.24) is 20.1 Å². The van der Waals surface area contributed by atoms with Gasteiger partial charge in [-0.2, -0.15) is 0 Å². The molecule has 1 aromatic carbocycles. The van der Waals surface area contributed by atoms with Crippen LogP contribution >= 0.6 is 11.8 Å². The van der Waals surface area contributed by atoms with Crippen LogP contribution in [0.1, 0.15) is 38.5 Å². The second kappa shape index (κ2) is 9.07. The summed E-state index contributed by atoms with van der Waals surface area (Å²) in [7, 11) is 3.57. The molecule has 1 N–H and O–H groups in total. The van der Waals surface area contributed by atoms with Crippen LogP contribution in [0.25, 0.3) is 11.4 Å². The molecule has 0 saturated heterocycles. The van der Waals surface area contributed by atoms with E-state index >= 15 is 0 Å². The number of rotatable bonds is 6. The summed E-state index contributed by atoms with van der Waals surface area (Å²) in [5, 5.41) is 12.4. The predicted molar refractivity (Wildman–Crippen MR) is 103 cm³/mol. The number of carbonyl (C=O) groups is 1. The van der Waals surface area contributed by atoms with Crippen molar-refractivity contribution >= 4 is 17.7 Å². The minimum absolute atomic E-state index is 0.0795. The molecule has 3 rings (SSSR count). The van der Waals surface area contributed by atoms with Gasteiger partial charge in [0.15, 0.2) is 11.0 Å². The van der Waals surface area contributed by atoms with Crippen molar-refractivity contribution < 1.29 is 9.53 Å². The Hall–Kier alpha value is -2.02. The molecule has 140 valence electrons. The molecule has 0 bridgehead atoms. The lowest BCUT2D eigenvalue weighted by Gasteiger charge is -2.15. The first kappa shape index (κ1) is 18.8. The lowest BCUT2D eigenvalue weighted by molar-refractivity contribution is -0.119. The van der Waals surface area contributed by atoms with Crippen LogP contribution in [0, 0.1) is 0 Å². The molecular weight excluding hydrogens is 348 g/mol. The van der Waals surface area contributed by atoms with Gasteiger partial charge in [0, 0.05) is 18.7 Å². The molecule has 1 aliphatic carbocycles. The van der Waals surface area contributed by atoms with Gasteiger partial charge >= 0.3 is 0 Å². The summed E-state index contributed by atoms with van der Waals surface area (Å²) in [4.78, 5) is 12.3. The average molecular weight is 375 g/mol. The molecule has 1 fully saturated rings. The van der Waals surface area contributed by atoms with Crippen LogP contribution in [0.4, 0.5) is 0 Å². The third kappa shape index (κ3) is 4.78. The van der Waals surface area contributed by atoms with Crippen molar-refractivity contribution in [3.8, 4) is 17.1 Å². The number of thioether (sulfide) groups is 1. The van der Waals surface area contributed by atoms with Crippen molar-refractivity contribution in [2.24, 2.45) is 7.05 Å². The Balaban J connectivity index is 1.56. The highest BCUT2D eigenvalue weighted by molar-refractivity contribution is 7.99. The van der Waals surface area contributed by atoms with Crippen molar-refractivity contribution in [3.05, 3.63) is 24.3 Å². The molecular formula is C19H26N4O2S. The maximum Gasteiger partial charge on any atom is 0.230 e. The molecule has 2 aromatic rings. The number of nitrogens with one attached hydrogen (secondary N) is 1. The fourth-order valence-corrected chi connectivity index (χ4v) is 3.98. The average Bonchev–Trinajstić information content (AvgIpc) is 2.84. The van der Waals surface area contributed by atoms with Crippen LogP contribution in [0.5, 0.6) is 5.75 Å². The molecule has 0 aliphatic heterocycles. The summed E-state index contributed by atoms with van der Waals surface area (Å²) >= 11 is 1.42. The second-order valence-corrected chi connectivity index (χ2v) is 7.58. The zero-order valence-electron chi connectivity index (χ0n) is 15.4. The number of carbonyl (C=O) groups excluding carboxylic acids is 1. The summed E-state index contributed by atoms with van der Waals surface area (Å²) in [6, 6.07) is 8.04. The molecule has 6 nitrogen and oxygen atoms in total. The summed E-state index contributed by atoms with van der Waals surface area (Å²) in [6.07, 6.45) is 7.20. The van der Waals surface area contributed by atoms with Gasteiger partial charge in [0.2, 0.25) is 5.91 Å². The highest BCUT2D eigenvalue weighted by Crippen LogP contribution is 2.24. The van der Waals surface area contributed by atoms with E-state index < -0.39 is 0 Å². The summed E-state index contributed by atoms with van der Waals surface area (Å²) in [5.41, 5.74) is 0.968. The maximum atomic E-state index is 12.3. The summed E-state index contributed by atoms with van der Waals surface area (Å²) in [5.74, 6) is 2.03. The standard InChI is InChI=1S/C19H26N4O2S/c1-23-18(14-9-11-16(25-2)12-10-14)21-22-19(23)26-13-17(24)20-15-7-5-3-4-6-8-15/h9-12,15H,3-8,13H2,1-2H3,(H,20,24). The number of hydrogen-bond donors (Lipinski definition) is 1. The first-order valence-corrected chi connectivity index (χ1v) is 10.1.